The predicted octanol–water partition coefficient (Wildman–Crippen LogP) is 1.41. The normalized spacial score (nSPS) is 12.0. The van der Waals surface area contributed by atoms with E-state index in [1.165, 1.54) is 0 Å². The van der Waals surface area contributed by atoms with Crippen LogP contribution in [0.2, 0.25) is 0 Å². The summed E-state index contributed by atoms with van der Waals surface area (Å²) in [5, 5.41) is 2.91. The molecule has 0 spiro atoms. The van der Waals surface area contributed by atoms with Gasteiger partial charge in [-0.25, -0.2) is 13.1 Å². The number of nitrogens with zero attached hydrogens (tertiary/aromatic N) is 1. The summed E-state index contributed by atoms with van der Waals surface area (Å²) in [5.41, 5.74) is -1.13. The fraction of sp³-hybridized carbons (Fsp3) is 0.500. The highest BCUT2D eigenvalue weighted by Crippen LogP contribution is 2.27. The number of likely N-dealkylation sites (N-methyl/N-ethyl adjacent to an activating group) is 1. The lowest BCUT2D eigenvalue weighted by Gasteiger charge is -2.08. The van der Waals surface area contributed by atoms with E-state index >= 15 is 0 Å². The Kier molecular flexibility index (Phi) is 7.42. The number of hydrogen-bond donors (Lipinski definition) is 2. The summed E-state index contributed by atoms with van der Waals surface area (Å²) in [6.45, 7) is 3.15. The summed E-state index contributed by atoms with van der Waals surface area (Å²) in [7, 11) is -3.82. The number of aromatic nitrogens is 1. The van der Waals surface area contributed by atoms with Gasteiger partial charge in [0.15, 0.2) is 0 Å². The van der Waals surface area contributed by atoms with Crippen LogP contribution in [0, 0.1) is 0 Å². The van der Waals surface area contributed by atoms with Gasteiger partial charge in [-0.05, 0) is 18.7 Å². The van der Waals surface area contributed by atoms with Crippen molar-refractivity contribution in [2.45, 2.75) is 18.0 Å². The number of halogens is 4. The van der Waals surface area contributed by atoms with Gasteiger partial charge in [0.2, 0.25) is 10.0 Å². The maximum absolute atomic E-state index is 12.3. The first kappa shape index (κ1) is 19.1. The SMILES string of the molecule is CCNCCNS(=O)(=O)c1ccc(C(F)(F)F)nc1.Cl. The highest BCUT2D eigenvalue weighted by atomic mass is 35.5. The highest BCUT2D eigenvalue weighted by Gasteiger charge is 2.32. The van der Waals surface area contributed by atoms with Gasteiger partial charge in [0.05, 0.1) is 0 Å². The van der Waals surface area contributed by atoms with Crippen molar-refractivity contribution in [2.24, 2.45) is 0 Å². The van der Waals surface area contributed by atoms with Crippen molar-refractivity contribution >= 4 is 22.4 Å². The van der Waals surface area contributed by atoms with Crippen LogP contribution in [-0.2, 0) is 16.2 Å². The van der Waals surface area contributed by atoms with Crippen molar-refractivity contribution in [1.82, 2.24) is 15.0 Å². The summed E-state index contributed by atoms with van der Waals surface area (Å²) in [6, 6.07) is 1.52. The Morgan fingerprint density at radius 2 is 1.90 bits per heavy atom. The van der Waals surface area contributed by atoms with Crippen LogP contribution in [0.15, 0.2) is 23.2 Å². The van der Waals surface area contributed by atoms with E-state index in [0.717, 1.165) is 6.07 Å². The van der Waals surface area contributed by atoms with Crippen molar-refractivity contribution in [3.8, 4) is 0 Å². The smallest absolute Gasteiger partial charge is 0.316 e. The Balaban J connectivity index is 0.00000361. The van der Waals surface area contributed by atoms with Gasteiger partial charge < -0.3 is 5.32 Å². The fourth-order valence-corrected chi connectivity index (χ4v) is 2.22. The zero-order chi connectivity index (χ0) is 14.5. The fourth-order valence-electron chi connectivity index (χ4n) is 1.24. The number of nitrogens with one attached hydrogen (secondary N) is 2. The Bertz CT molecular complexity index is 505. The third kappa shape index (κ3) is 5.61. The van der Waals surface area contributed by atoms with E-state index in [1.54, 1.807) is 0 Å². The van der Waals surface area contributed by atoms with Gasteiger partial charge in [-0.3, -0.25) is 4.98 Å². The van der Waals surface area contributed by atoms with Gasteiger partial charge in [0, 0.05) is 19.3 Å². The summed E-state index contributed by atoms with van der Waals surface area (Å²) in [4.78, 5) is 2.81. The molecule has 2 N–H and O–H groups in total. The van der Waals surface area contributed by atoms with Gasteiger partial charge >= 0.3 is 6.18 Å². The molecule has 0 saturated carbocycles. The molecule has 0 aromatic carbocycles. The van der Waals surface area contributed by atoms with Gasteiger partial charge in [0.1, 0.15) is 10.6 Å². The second-order valence-electron chi connectivity index (χ2n) is 3.63. The number of rotatable bonds is 6. The third-order valence-corrected chi connectivity index (χ3v) is 3.63. The number of hydrogen-bond acceptors (Lipinski definition) is 4. The largest absolute Gasteiger partial charge is 0.433 e. The Hall–Kier alpha value is -0.900. The lowest BCUT2D eigenvalue weighted by Crippen LogP contribution is -2.31. The molecule has 20 heavy (non-hydrogen) atoms. The van der Waals surface area contributed by atoms with Crippen molar-refractivity contribution in [1.29, 1.82) is 0 Å². The summed E-state index contributed by atoms with van der Waals surface area (Å²) in [6.07, 6.45) is -3.89. The van der Waals surface area contributed by atoms with Gasteiger partial charge in [-0.1, -0.05) is 6.92 Å². The molecule has 5 nitrogen and oxygen atoms in total. The molecule has 0 aliphatic carbocycles. The Morgan fingerprint density at radius 3 is 2.35 bits per heavy atom. The van der Waals surface area contributed by atoms with Crippen molar-refractivity contribution in [3.63, 3.8) is 0 Å². The standard InChI is InChI=1S/C10H14F3N3O2S.ClH/c1-2-14-5-6-16-19(17,18)8-3-4-9(15-7-8)10(11,12)13;/h3-4,7,14,16H,2,5-6H2,1H3;1H. The first-order valence-electron chi connectivity index (χ1n) is 5.51. The Morgan fingerprint density at radius 1 is 1.25 bits per heavy atom. The minimum absolute atomic E-state index is 0. The van der Waals surface area contributed by atoms with Gasteiger partial charge in [0.25, 0.3) is 0 Å². The highest BCUT2D eigenvalue weighted by molar-refractivity contribution is 7.89. The zero-order valence-electron chi connectivity index (χ0n) is 10.6. The molecule has 0 aliphatic heterocycles. The molecule has 0 atom stereocenters. The molecular weight excluding hydrogens is 319 g/mol. The first-order chi connectivity index (χ1) is 8.77. The molecular formula is C10H15ClF3N3O2S. The second kappa shape index (κ2) is 7.77. The molecule has 116 valence electrons. The van der Waals surface area contributed by atoms with Crippen molar-refractivity contribution in [2.75, 3.05) is 19.6 Å². The van der Waals surface area contributed by atoms with Crippen LogP contribution in [0.4, 0.5) is 13.2 Å². The van der Waals surface area contributed by atoms with Crippen LogP contribution in [0.1, 0.15) is 12.6 Å². The van der Waals surface area contributed by atoms with E-state index < -0.39 is 21.9 Å². The average Bonchev–Trinajstić information content (AvgIpc) is 2.34. The van der Waals surface area contributed by atoms with Crippen LogP contribution in [0.3, 0.4) is 0 Å². The van der Waals surface area contributed by atoms with Gasteiger partial charge in [-0.15, -0.1) is 12.4 Å². The minimum Gasteiger partial charge on any atom is -0.316 e. The van der Waals surface area contributed by atoms with Crippen molar-refractivity contribution < 1.29 is 21.6 Å². The van der Waals surface area contributed by atoms with E-state index in [4.69, 9.17) is 0 Å². The van der Waals surface area contributed by atoms with Crippen LogP contribution in [-0.4, -0.2) is 33.0 Å². The summed E-state index contributed by atoms with van der Waals surface area (Å²) in [5.74, 6) is 0. The topological polar surface area (TPSA) is 71.1 Å². The summed E-state index contributed by atoms with van der Waals surface area (Å²) < 4.78 is 62.5. The molecule has 0 bridgehead atoms. The van der Waals surface area contributed by atoms with Crippen molar-refractivity contribution in [3.05, 3.63) is 24.0 Å². The second-order valence-corrected chi connectivity index (χ2v) is 5.40. The van der Waals surface area contributed by atoms with E-state index in [2.05, 4.69) is 15.0 Å². The molecule has 0 aliphatic rings. The minimum atomic E-state index is -4.58. The molecule has 0 amide bonds. The summed E-state index contributed by atoms with van der Waals surface area (Å²) >= 11 is 0. The molecule has 0 radical (unpaired) electrons. The lowest BCUT2D eigenvalue weighted by molar-refractivity contribution is -0.141. The monoisotopic (exact) mass is 333 g/mol. The molecule has 0 fully saturated rings. The maximum Gasteiger partial charge on any atom is 0.433 e. The van der Waals surface area contributed by atoms with E-state index in [9.17, 15) is 21.6 Å². The van der Waals surface area contributed by atoms with E-state index in [-0.39, 0.29) is 23.8 Å². The molecule has 1 aromatic rings. The van der Waals surface area contributed by atoms with E-state index in [0.29, 0.717) is 25.4 Å². The van der Waals surface area contributed by atoms with E-state index in [1.807, 2.05) is 6.92 Å². The maximum atomic E-state index is 12.3. The average molecular weight is 334 g/mol. The molecule has 0 unspecified atom stereocenters. The molecule has 1 rings (SSSR count). The number of sulfonamides is 1. The van der Waals surface area contributed by atoms with Crippen LogP contribution >= 0.6 is 12.4 Å². The molecule has 1 aromatic heterocycles. The molecule has 1 heterocycles. The zero-order valence-corrected chi connectivity index (χ0v) is 12.2. The van der Waals surface area contributed by atoms with Crippen LogP contribution < -0.4 is 10.0 Å². The van der Waals surface area contributed by atoms with Crippen LogP contribution in [0.25, 0.3) is 0 Å². The molecule has 10 heteroatoms. The number of alkyl halides is 3. The third-order valence-electron chi connectivity index (χ3n) is 2.18. The predicted molar refractivity (Wildman–Crippen MR) is 70.2 cm³/mol. The number of pyridine rings is 1. The Labute approximate surface area is 121 Å². The van der Waals surface area contributed by atoms with Gasteiger partial charge in [-0.2, -0.15) is 13.2 Å². The molecule has 0 saturated heterocycles. The first-order valence-corrected chi connectivity index (χ1v) is 6.99. The van der Waals surface area contributed by atoms with Crippen LogP contribution in [0.5, 0.6) is 0 Å². The lowest BCUT2D eigenvalue weighted by atomic mass is 10.3. The quantitative estimate of drug-likeness (QED) is 0.772.